The minimum absolute atomic E-state index is 0.513. The van der Waals surface area contributed by atoms with Gasteiger partial charge in [0.1, 0.15) is 0 Å². The topological polar surface area (TPSA) is 38.9 Å². The smallest absolute Gasteiger partial charge is 0.0467 e. The van der Waals surface area contributed by atoms with Crippen LogP contribution in [0.1, 0.15) is 18.1 Å². The summed E-state index contributed by atoms with van der Waals surface area (Å²) in [5.41, 5.74) is 7.92. The molecule has 1 aromatic carbocycles. The third-order valence-electron chi connectivity index (χ3n) is 2.84. The van der Waals surface area contributed by atoms with Crippen molar-refractivity contribution in [3.05, 3.63) is 63.3 Å². The van der Waals surface area contributed by atoms with Crippen molar-refractivity contribution >= 4 is 27.5 Å². The van der Waals surface area contributed by atoms with E-state index < -0.39 is 5.54 Å². The first-order valence-electron chi connectivity index (χ1n) is 5.62. The van der Waals surface area contributed by atoms with Gasteiger partial charge in [-0.2, -0.15) is 0 Å². The van der Waals surface area contributed by atoms with Crippen LogP contribution in [0.3, 0.4) is 0 Å². The fourth-order valence-electron chi connectivity index (χ4n) is 1.97. The van der Waals surface area contributed by atoms with E-state index in [9.17, 15) is 0 Å². The SMILES string of the molecule is CC(N)(Cc1cccnc1)c1ccc(Br)cc1Cl. The molecule has 2 nitrogen and oxygen atoms in total. The van der Waals surface area contributed by atoms with Gasteiger partial charge < -0.3 is 5.73 Å². The Bertz CT molecular complexity index is 541. The van der Waals surface area contributed by atoms with Gasteiger partial charge in [-0.15, -0.1) is 0 Å². The lowest BCUT2D eigenvalue weighted by Crippen LogP contribution is -2.35. The molecule has 0 aliphatic rings. The monoisotopic (exact) mass is 324 g/mol. The summed E-state index contributed by atoms with van der Waals surface area (Å²) in [5, 5.41) is 0.679. The highest BCUT2D eigenvalue weighted by molar-refractivity contribution is 9.10. The van der Waals surface area contributed by atoms with Gasteiger partial charge in [0, 0.05) is 27.4 Å². The molecule has 0 aliphatic carbocycles. The lowest BCUT2D eigenvalue weighted by Gasteiger charge is -2.26. The Hall–Kier alpha value is -0.900. The molecule has 0 bridgehead atoms. The zero-order chi connectivity index (χ0) is 13.2. The normalized spacial score (nSPS) is 14.2. The maximum atomic E-state index is 6.39. The molecule has 2 N–H and O–H groups in total. The van der Waals surface area contributed by atoms with E-state index in [0.29, 0.717) is 11.4 Å². The fraction of sp³-hybridized carbons (Fsp3) is 0.214. The maximum absolute atomic E-state index is 6.39. The third kappa shape index (κ3) is 3.10. The van der Waals surface area contributed by atoms with E-state index in [0.717, 1.165) is 15.6 Å². The maximum Gasteiger partial charge on any atom is 0.0467 e. The van der Waals surface area contributed by atoms with Gasteiger partial charge in [-0.25, -0.2) is 0 Å². The Morgan fingerprint density at radius 1 is 1.39 bits per heavy atom. The molecule has 1 atom stereocenters. The van der Waals surface area contributed by atoms with Crippen LogP contribution in [0.4, 0.5) is 0 Å². The van der Waals surface area contributed by atoms with Crippen molar-refractivity contribution in [3.8, 4) is 0 Å². The number of halogens is 2. The van der Waals surface area contributed by atoms with Gasteiger partial charge >= 0.3 is 0 Å². The summed E-state index contributed by atoms with van der Waals surface area (Å²) in [6.07, 6.45) is 4.28. The van der Waals surface area contributed by atoms with Gasteiger partial charge in [-0.1, -0.05) is 39.7 Å². The number of hydrogen-bond donors (Lipinski definition) is 1. The first kappa shape index (κ1) is 13.5. The van der Waals surface area contributed by atoms with Crippen LogP contribution < -0.4 is 5.73 Å². The summed E-state index contributed by atoms with van der Waals surface area (Å²) in [6, 6.07) is 9.71. The van der Waals surface area contributed by atoms with Gasteiger partial charge in [0.2, 0.25) is 0 Å². The van der Waals surface area contributed by atoms with Crippen LogP contribution in [0.25, 0.3) is 0 Å². The first-order valence-corrected chi connectivity index (χ1v) is 6.79. The van der Waals surface area contributed by atoms with Crippen molar-refractivity contribution in [1.29, 1.82) is 0 Å². The molecule has 1 unspecified atom stereocenters. The van der Waals surface area contributed by atoms with Crippen molar-refractivity contribution in [2.24, 2.45) is 5.73 Å². The molecular formula is C14H14BrClN2. The number of aromatic nitrogens is 1. The number of hydrogen-bond acceptors (Lipinski definition) is 2. The van der Waals surface area contributed by atoms with Crippen LogP contribution in [0.5, 0.6) is 0 Å². The standard InChI is InChI=1S/C14H14BrClN2/c1-14(17,8-10-3-2-6-18-9-10)12-5-4-11(15)7-13(12)16/h2-7,9H,8,17H2,1H3. The van der Waals surface area contributed by atoms with Gasteiger partial charge in [-0.3, -0.25) is 4.98 Å². The molecule has 0 fully saturated rings. The predicted octanol–water partition coefficient (Wildman–Crippen LogP) is 3.91. The van der Waals surface area contributed by atoms with E-state index in [-0.39, 0.29) is 0 Å². The molecule has 94 valence electrons. The minimum atomic E-state index is -0.513. The third-order valence-corrected chi connectivity index (χ3v) is 3.65. The number of pyridine rings is 1. The summed E-state index contributed by atoms with van der Waals surface area (Å²) in [6.45, 7) is 1.98. The van der Waals surface area contributed by atoms with Crippen molar-refractivity contribution in [1.82, 2.24) is 4.98 Å². The highest BCUT2D eigenvalue weighted by Gasteiger charge is 2.24. The van der Waals surface area contributed by atoms with Gasteiger partial charge in [0.05, 0.1) is 0 Å². The van der Waals surface area contributed by atoms with Gasteiger partial charge in [-0.05, 0) is 42.7 Å². The zero-order valence-electron chi connectivity index (χ0n) is 10.0. The van der Waals surface area contributed by atoms with E-state index in [1.165, 1.54) is 0 Å². The van der Waals surface area contributed by atoms with Crippen LogP contribution in [0.15, 0.2) is 47.2 Å². The van der Waals surface area contributed by atoms with E-state index >= 15 is 0 Å². The summed E-state index contributed by atoms with van der Waals surface area (Å²) < 4.78 is 0.952. The average molecular weight is 326 g/mol. The lowest BCUT2D eigenvalue weighted by molar-refractivity contribution is 0.491. The average Bonchev–Trinajstić information content (AvgIpc) is 2.29. The summed E-state index contributed by atoms with van der Waals surface area (Å²) in [5.74, 6) is 0. The van der Waals surface area contributed by atoms with Crippen LogP contribution >= 0.6 is 27.5 Å². The molecule has 1 heterocycles. The van der Waals surface area contributed by atoms with Crippen molar-refractivity contribution in [3.63, 3.8) is 0 Å². The highest BCUT2D eigenvalue weighted by atomic mass is 79.9. The summed E-state index contributed by atoms with van der Waals surface area (Å²) in [4.78, 5) is 4.10. The molecule has 0 radical (unpaired) electrons. The quantitative estimate of drug-likeness (QED) is 0.929. The summed E-state index contributed by atoms with van der Waals surface area (Å²) in [7, 11) is 0. The van der Waals surface area contributed by atoms with E-state index in [1.807, 2.05) is 43.5 Å². The Kier molecular flexibility index (Phi) is 4.05. The largest absolute Gasteiger partial charge is 0.321 e. The Morgan fingerprint density at radius 3 is 2.78 bits per heavy atom. The second-order valence-electron chi connectivity index (χ2n) is 4.58. The molecule has 0 saturated heterocycles. The molecule has 2 rings (SSSR count). The Balaban J connectivity index is 2.30. The van der Waals surface area contributed by atoms with E-state index in [4.69, 9.17) is 17.3 Å². The molecule has 1 aromatic heterocycles. The second-order valence-corrected chi connectivity index (χ2v) is 5.90. The van der Waals surface area contributed by atoms with E-state index in [2.05, 4.69) is 20.9 Å². The van der Waals surface area contributed by atoms with Gasteiger partial charge in [0.25, 0.3) is 0 Å². The highest BCUT2D eigenvalue weighted by Crippen LogP contribution is 2.31. The van der Waals surface area contributed by atoms with Gasteiger partial charge in [0.15, 0.2) is 0 Å². The molecule has 4 heteroatoms. The van der Waals surface area contributed by atoms with Crippen LogP contribution in [0.2, 0.25) is 5.02 Å². The molecule has 0 amide bonds. The Labute approximate surface area is 120 Å². The molecule has 18 heavy (non-hydrogen) atoms. The molecule has 0 spiro atoms. The number of benzene rings is 1. The zero-order valence-corrected chi connectivity index (χ0v) is 12.4. The molecular weight excluding hydrogens is 312 g/mol. The summed E-state index contributed by atoms with van der Waals surface area (Å²) >= 11 is 9.65. The van der Waals surface area contributed by atoms with Crippen LogP contribution in [-0.4, -0.2) is 4.98 Å². The number of rotatable bonds is 3. The van der Waals surface area contributed by atoms with Crippen molar-refractivity contribution in [2.75, 3.05) is 0 Å². The van der Waals surface area contributed by atoms with E-state index in [1.54, 1.807) is 6.20 Å². The van der Waals surface area contributed by atoms with Crippen LogP contribution in [0, 0.1) is 0 Å². The molecule has 0 aliphatic heterocycles. The molecule has 2 aromatic rings. The predicted molar refractivity (Wildman–Crippen MR) is 78.6 cm³/mol. The van der Waals surface area contributed by atoms with Crippen LogP contribution in [-0.2, 0) is 12.0 Å². The fourth-order valence-corrected chi connectivity index (χ4v) is 2.86. The first-order chi connectivity index (χ1) is 8.49. The number of nitrogens with zero attached hydrogens (tertiary/aromatic N) is 1. The molecule has 0 saturated carbocycles. The lowest BCUT2D eigenvalue weighted by atomic mass is 9.87. The Morgan fingerprint density at radius 2 is 2.17 bits per heavy atom. The van der Waals surface area contributed by atoms with Crippen molar-refractivity contribution < 1.29 is 0 Å². The minimum Gasteiger partial charge on any atom is -0.321 e. The number of nitrogens with two attached hydrogens (primary N) is 1. The second kappa shape index (κ2) is 5.39. The van der Waals surface area contributed by atoms with Crippen molar-refractivity contribution in [2.45, 2.75) is 18.9 Å².